The van der Waals surface area contributed by atoms with Crippen LogP contribution in [0.4, 0.5) is 16.2 Å². The maximum atomic E-state index is 12.1. The first-order chi connectivity index (χ1) is 10.7. The molecule has 1 aliphatic rings. The van der Waals surface area contributed by atoms with E-state index in [0.29, 0.717) is 19.1 Å². The highest BCUT2D eigenvalue weighted by atomic mass is 79.9. The van der Waals surface area contributed by atoms with Crippen molar-refractivity contribution in [2.24, 2.45) is 0 Å². The van der Waals surface area contributed by atoms with E-state index < -0.39 is 5.60 Å². The number of nitrogen functional groups attached to an aromatic ring is 1. The quantitative estimate of drug-likeness (QED) is 0.752. The van der Waals surface area contributed by atoms with Crippen molar-refractivity contribution in [1.82, 2.24) is 4.90 Å². The average Bonchev–Trinajstić information content (AvgIpc) is 2.43. The molecular weight excluding hydrogens is 358 g/mol. The summed E-state index contributed by atoms with van der Waals surface area (Å²) in [6.07, 6.45) is 1.54. The Labute approximate surface area is 146 Å². The molecule has 1 aromatic carbocycles. The highest BCUT2D eigenvalue weighted by Crippen LogP contribution is 2.29. The summed E-state index contributed by atoms with van der Waals surface area (Å²) in [5.74, 6) is 0. The molecule has 0 bridgehead atoms. The highest BCUT2D eigenvalue weighted by molar-refractivity contribution is 9.10. The molecule has 0 saturated carbocycles. The maximum absolute atomic E-state index is 12.1. The largest absolute Gasteiger partial charge is 0.444 e. The number of hydrogen-bond donors (Lipinski definition) is 2. The SMILES string of the molecule is Cc1cc(NC2CCN(C(=O)OC(C)(C)C)CC2)c(N)cc1Br. The molecule has 1 aromatic rings. The van der Waals surface area contributed by atoms with Gasteiger partial charge in [0, 0.05) is 23.6 Å². The molecule has 3 N–H and O–H groups in total. The van der Waals surface area contributed by atoms with E-state index in [1.54, 1.807) is 4.90 Å². The number of benzene rings is 1. The average molecular weight is 384 g/mol. The lowest BCUT2D eigenvalue weighted by Crippen LogP contribution is -2.44. The van der Waals surface area contributed by atoms with Crippen molar-refractivity contribution in [2.45, 2.75) is 52.2 Å². The predicted octanol–water partition coefficient (Wildman–Crippen LogP) is 4.15. The first kappa shape index (κ1) is 17.9. The molecule has 5 nitrogen and oxygen atoms in total. The molecule has 1 saturated heterocycles. The van der Waals surface area contributed by atoms with E-state index in [9.17, 15) is 4.79 Å². The van der Waals surface area contributed by atoms with Gasteiger partial charge < -0.3 is 20.7 Å². The summed E-state index contributed by atoms with van der Waals surface area (Å²) >= 11 is 3.49. The van der Waals surface area contributed by atoms with Crippen LogP contribution in [0.15, 0.2) is 16.6 Å². The van der Waals surface area contributed by atoms with Crippen molar-refractivity contribution in [1.29, 1.82) is 0 Å². The number of hydrogen-bond acceptors (Lipinski definition) is 4. The summed E-state index contributed by atoms with van der Waals surface area (Å²) < 4.78 is 6.43. The Balaban J connectivity index is 1.90. The fraction of sp³-hybridized carbons (Fsp3) is 0.588. The van der Waals surface area contributed by atoms with Crippen molar-refractivity contribution in [3.63, 3.8) is 0 Å². The predicted molar refractivity (Wildman–Crippen MR) is 97.7 cm³/mol. The molecule has 128 valence electrons. The topological polar surface area (TPSA) is 67.6 Å². The molecule has 1 aliphatic heterocycles. The van der Waals surface area contributed by atoms with Crippen LogP contribution < -0.4 is 11.1 Å². The summed E-state index contributed by atoms with van der Waals surface area (Å²) in [7, 11) is 0. The number of nitrogens with one attached hydrogen (secondary N) is 1. The molecule has 0 spiro atoms. The minimum atomic E-state index is -0.449. The van der Waals surface area contributed by atoms with Gasteiger partial charge in [0.2, 0.25) is 0 Å². The Hall–Kier alpha value is -1.43. The van der Waals surface area contributed by atoms with Crippen LogP contribution in [0, 0.1) is 6.92 Å². The van der Waals surface area contributed by atoms with Crippen molar-refractivity contribution < 1.29 is 9.53 Å². The van der Waals surface area contributed by atoms with E-state index in [1.807, 2.05) is 33.8 Å². The molecule has 2 rings (SSSR count). The van der Waals surface area contributed by atoms with Crippen LogP contribution >= 0.6 is 15.9 Å². The number of likely N-dealkylation sites (tertiary alicyclic amines) is 1. The lowest BCUT2D eigenvalue weighted by molar-refractivity contribution is 0.0210. The number of aryl methyl sites for hydroxylation is 1. The van der Waals surface area contributed by atoms with Crippen LogP contribution in [0.1, 0.15) is 39.2 Å². The molecule has 23 heavy (non-hydrogen) atoms. The highest BCUT2D eigenvalue weighted by Gasteiger charge is 2.27. The molecular formula is C17H26BrN3O2. The molecule has 1 heterocycles. The number of ether oxygens (including phenoxy) is 1. The third kappa shape index (κ3) is 5.03. The van der Waals surface area contributed by atoms with Crippen molar-refractivity contribution in [2.75, 3.05) is 24.1 Å². The minimum Gasteiger partial charge on any atom is -0.444 e. The zero-order chi connectivity index (χ0) is 17.2. The molecule has 0 aliphatic carbocycles. The third-order valence-corrected chi connectivity index (χ3v) is 4.69. The van der Waals surface area contributed by atoms with E-state index in [2.05, 4.69) is 27.3 Å². The van der Waals surface area contributed by atoms with Gasteiger partial charge in [-0.15, -0.1) is 0 Å². The smallest absolute Gasteiger partial charge is 0.410 e. The molecule has 0 unspecified atom stereocenters. The first-order valence-corrected chi connectivity index (χ1v) is 8.75. The normalized spacial score (nSPS) is 16.3. The van der Waals surface area contributed by atoms with Gasteiger partial charge in [-0.2, -0.15) is 0 Å². The van der Waals surface area contributed by atoms with Gasteiger partial charge in [-0.05, 0) is 58.2 Å². The van der Waals surface area contributed by atoms with E-state index in [1.165, 1.54) is 0 Å². The number of nitrogens with two attached hydrogens (primary N) is 1. The number of anilines is 2. The Morgan fingerprint density at radius 2 is 1.96 bits per heavy atom. The number of carbonyl (C=O) groups excluding carboxylic acids is 1. The van der Waals surface area contributed by atoms with Gasteiger partial charge in [-0.1, -0.05) is 15.9 Å². The van der Waals surface area contributed by atoms with Crippen molar-refractivity contribution in [3.05, 3.63) is 22.2 Å². The van der Waals surface area contributed by atoms with E-state index in [0.717, 1.165) is 34.3 Å². The third-order valence-electron chi connectivity index (χ3n) is 3.84. The molecule has 0 atom stereocenters. The summed E-state index contributed by atoms with van der Waals surface area (Å²) in [5.41, 5.74) is 8.47. The Morgan fingerprint density at radius 1 is 1.35 bits per heavy atom. The van der Waals surface area contributed by atoms with Crippen LogP contribution in [-0.2, 0) is 4.74 Å². The second-order valence-electron chi connectivity index (χ2n) is 7.07. The van der Waals surface area contributed by atoms with E-state index in [-0.39, 0.29) is 6.09 Å². The summed E-state index contributed by atoms with van der Waals surface area (Å²) in [5, 5.41) is 3.50. The van der Waals surface area contributed by atoms with Crippen LogP contribution in [0.3, 0.4) is 0 Å². The number of carbonyl (C=O) groups is 1. The molecule has 0 radical (unpaired) electrons. The van der Waals surface area contributed by atoms with Crippen LogP contribution in [0.2, 0.25) is 0 Å². The van der Waals surface area contributed by atoms with Crippen molar-refractivity contribution >= 4 is 33.4 Å². The zero-order valence-electron chi connectivity index (χ0n) is 14.3. The number of amides is 1. The van der Waals surface area contributed by atoms with Crippen LogP contribution in [0.25, 0.3) is 0 Å². The van der Waals surface area contributed by atoms with Gasteiger partial charge >= 0.3 is 6.09 Å². The molecule has 1 amide bonds. The fourth-order valence-electron chi connectivity index (χ4n) is 2.57. The fourth-order valence-corrected chi connectivity index (χ4v) is 2.94. The minimum absolute atomic E-state index is 0.227. The standard InChI is InChI=1S/C17H26BrN3O2/c1-11-9-15(14(19)10-13(11)18)20-12-5-7-21(8-6-12)16(22)23-17(2,3)4/h9-10,12,20H,5-8,19H2,1-4H3. The number of nitrogens with zero attached hydrogens (tertiary/aromatic N) is 1. The van der Waals surface area contributed by atoms with Gasteiger partial charge in [0.1, 0.15) is 5.60 Å². The number of halogens is 1. The Morgan fingerprint density at radius 3 is 2.52 bits per heavy atom. The second-order valence-corrected chi connectivity index (χ2v) is 7.93. The Kier molecular flexibility index (Phi) is 5.45. The summed E-state index contributed by atoms with van der Waals surface area (Å²) in [6.45, 7) is 9.09. The van der Waals surface area contributed by atoms with E-state index in [4.69, 9.17) is 10.5 Å². The van der Waals surface area contributed by atoms with Crippen LogP contribution in [0.5, 0.6) is 0 Å². The monoisotopic (exact) mass is 383 g/mol. The molecule has 1 fully saturated rings. The van der Waals surface area contributed by atoms with Gasteiger partial charge in [0.25, 0.3) is 0 Å². The first-order valence-electron chi connectivity index (χ1n) is 7.96. The molecule has 0 aromatic heterocycles. The molecule has 6 heteroatoms. The van der Waals surface area contributed by atoms with Gasteiger partial charge in [-0.25, -0.2) is 4.79 Å². The second kappa shape index (κ2) is 6.99. The van der Waals surface area contributed by atoms with E-state index >= 15 is 0 Å². The maximum Gasteiger partial charge on any atom is 0.410 e. The summed E-state index contributed by atoms with van der Waals surface area (Å²) in [4.78, 5) is 13.9. The van der Waals surface area contributed by atoms with Gasteiger partial charge in [0.15, 0.2) is 0 Å². The lowest BCUT2D eigenvalue weighted by Gasteiger charge is -2.34. The van der Waals surface area contributed by atoms with Crippen LogP contribution in [-0.4, -0.2) is 35.7 Å². The lowest BCUT2D eigenvalue weighted by atomic mass is 10.0. The van der Waals surface area contributed by atoms with Crippen molar-refractivity contribution in [3.8, 4) is 0 Å². The summed E-state index contributed by atoms with van der Waals surface area (Å²) in [6, 6.07) is 4.30. The number of rotatable bonds is 2. The number of piperidine rings is 1. The zero-order valence-corrected chi connectivity index (χ0v) is 15.9. The van der Waals surface area contributed by atoms with Gasteiger partial charge in [0.05, 0.1) is 11.4 Å². The Bertz CT molecular complexity index is 576. The van der Waals surface area contributed by atoms with Gasteiger partial charge in [-0.3, -0.25) is 0 Å².